The Bertz CT molecular complexity index is 226. The van der Waals surface area contributed by atoms with Crippen LogP contribution in [-0.2, 0) is 9.59 Å². The van der Waals surface area contributed by atoms with Crippen molar-refractivity contribution in [2.24, 2.45) is 5.73 Å². The molecular formula is C6H9F3N2O2. The quantitative estimate of drug-likeness (QED) is 0.672. The van der Waals surface area contributed by atoms with Gasteiger partial charge in [-0.05, 0) is 6.92 Å². The predicted octanol–water partition coefficient (Wildman–Crippen LogP) is -0.119. The van der Waals surface area contributed by atoms with E-state index >= 15 is 0 Å². The summed E-state index contributed by atoms with van der Waals surface area (Å²) in [5, 5.41) is 0. The van der Waals surface area contributed by atoms with Crippen molar-refractivity contribution < 1.29 is 22.8 Å². The van der Waals surface area contributed by atoms with E-state index in [0.717, 1.165) is 14.0 Å². The lowest BCUT2D eigenvalue weighted by atomic mass is 10.3. The molecule has 0 heterocycles. The Morgan fingerprint density at radius 2 is 1.77 bits per heavy atom. The van der Waals surface area contributed by atoms with E-state index in [1.807, 2.05) is 0 Å². The second kappa shape index (κ2) is 3.63. The Hall–Kier alpha value is -1.27. The average Bonchev–Trinajstić information content (AvgIpc) is 1.98. The molecule has 2 amide bonds. The van der Waals surface area contributed by atoms with Crippen molar-refractivity contribution in [2.45, 2.75) is 19.1 Å². The molecule has 76 valence electrons. The molecule has 0 radical (unpaired) electrons. The van der Waals surface area contributed by atoms with Gasteiger partial charge in [0.1, 0.15) is 6.04 Å². The van der Waals surface area contributed by atoms with Gasteiger partial charge in [-0.25, -0.2) is 0 Å². The van der Waals surface area contributed by atoms with Crippen LogP contribution in [-0.4, -0.2) is 36.0 Å². The van der Waals surface area contributed by atoms with Crippen molar-refractivity contribution in [3.05, 3.63) is 0 Å². The van der Waals surface area contributed by atoms with E-state index in [4.69, 9.17) is 5.73 Å². The van der Waals surface area contributed by atoms with Gasteiger partial charge in [0.2, 0.25) is 5.91 Å². The van der Waals surface area contributed by atoms with E-state index in [-0.39, 0.29) is 4.90 Å². The highest BCUT2D eigenvalue weighted by Crippen LogP contribution is 2.18. The first-order chi connectivity index (χ1) is 5.68. The summed E-state index contributed by atoms with van der Waals surface area (Å²) in [5.41, 5.74) is 4.72. The Kier molecular flexibility index (Phi) is 3.27. The van der Waals surface area contributed by atoms with Crippen LogP contribution in [0, 0.1) is 0 Å². The Labute approximate surface area is 72.5 Å². The van der Waals surface area contributed by atoms with Crippen LogP contribution >= 0.6 is 0 Å². The number of nitrogens with zero attached hydrogens (tertiary/aromatic N) is 1. The third-order valence-corrected chi connectivity index (χ3v) is 1.56. The van der Waals surface area contributed by atoms with Crippen LogP contribution in [0.3, 0.4) is 0 Å². The van der Waals surface area contributed by atoms with Crippen LogP contribution in [0.5, 0.6) is 0 Å². The van der Waals surface area contributed by atoms with E-state index < -0.39 is 24.0 Å². The van der Waals surface area contributed by atoms with E-state index in [9.17, 15) is 22.8 Å². The molecule has 0 aromatic carbocycles. The Morgan fingerprint density at radius 3 is 2.00 bits per heavy atom. The SMILES string of the molecule is C[C@H](C(N)=O)N(C)C(=O)C(F)(F)F. The van der Waals surface area contributed by atoms with Crippen molar-refractivity contribution in [3.8, 4) is 0 Å². The summed E-state index contributed by atoms with van der Waals surface area (Å²) in [5.74, 6) is -3.07. The number of alkyl halides is 3. The molecule has 0 rings (SSSR count). The molecule has 0 aliphatic carbocycles. The molecule has 0 unspecified atom stereocenters. The minimum atomic E-state index is -4.97. The van der Waals surface area contributed by atoms with Crippen LogP contribution < -0.4 is 5.73 Å². The normalized spacial score (nSPS) is 13.6. The number of carbonyl (C=O) groups is 2. The number of carbonyl (C=O) groups excluding carboxylic acids is 2. The van der Waals surface area contributed by atoms with E-state index in [0.29, 0.717) is 0 Å². The summed E-state index contributed by atoms with van der Waals surface area (Å²) in [6.07, 6.45) is -4.97. The van der Waals surface area contributed by atoms with Crippen molar-refractivity contribution in [1.29, 1.82) is 0 Å². The molecule has 0 aliphatic rings. The van der Waals surface area contributed by atoms with Crippen LogP contribution in [0.15, 0.2) is 0 Å². The van der Waals surface area contributed by atoms with Gasteiger partial charge in [-0.3, -0.25) is 9.59 Å². The molecule has 0 aliphatic heterocycles. The smallest absolute Gasteiger partial charge is 0.368 e. The number of nitrogens with two attached hydrogens (primary N) is 1. The molecular weight excluding hydrogens is 189 g/mol. The number of hydrogen-bond donors (Lipinski definition) is 1. The maximum Gasteiger partial charge on any atom is 0.471 e. The second-order valence-corrected chi connectivity index (χ2v) is 2.49. The summed E-state index contributed by atoms with van der Waals surface area (Å²) in [6, 6.07) is -1.27. The highest BCUT2D eigenvalue weighted by molar-refractivity contribution is 5.88. The van der Waals surface area contributed by atoms with Crippen LogP contribution in [0.25, 0.3) is 0 Å². The lowest BCUT2D eigenvalue weighted by Gasteiger charge is -2.22. The Morgan fingerprint density at radius 1 is 1.38 bits per heavy atom. The lowest BCUT2D eigenvalue weighted by molar-refractivity contribution is -0.186. The molecule has 13 heavy (non-hydrogen) atoms. The maximum atomic E-state index is 11.8. The standard InChI is InChI=1S/C6H9F3N2O2/c1-3(4(10)12)11(2)5(13)6(7,8)9/h3H,1-2H3,(H2,10,12)/t3-/m1/s1. The summed E-state index contributed by atoms with van der Waals surface area (Å²) >= 11 is 0. The predicted molar refractivity (Wildman–Crippen MR) is 37.5 cm³/mol. The number of primary amides is 1. The summed E-state index contributed by atoms with van der Waals surface area (Å²) < 4.78 is 35.3. The highest BCUT2D eigenvalue weighted by Gasteiger charge is 2.43. The van der Waals surface area contributed by atoms with Gasteiger partial charge in [-0.2, -0.15) is 13.2 Å². The maximum absolute atomic E-state index is 11.8. The van der Waals surface area contributed by atoms with Gasteiger partial charge in [-0.15, -0.1) is 0 Å². The molecule has 0 fully saturated rings. The lowest BCUT2D eigenvalue weighted by Crippen LogP contribution is -2.48. The third-order valence-electron chi connectivity index (χ3n) is 1.56. The van der Waals surface area contributed by atoms with Crippen molar-refractivity contribution in [3.63, 3.8) is 0 Å². The van der Waals surface area contributed by atoms with Crippen molar-refractivity contribution in [2.75, 3.05) is 7.05 Å². The van der Waals surface area contributed by atoms with E-state index in [2.05, 4.69) is 0 Å². The zero-order valence-electron chi connectivity index (χ0n) is 7.05. The van der Waals surface area contributed by atoms with Crippen molar-refractivity contribution >= 4 is 11.8 Å². The largest absolute Gasteiger partial charge is 0.471 e. The van der Waals surface area contributed by atoms with Crippen LogP contribution in [0.1, 0.15) is 6.92 Å². The molecule has 4 nitrogen and oxygen atoms in total. The molecule has 7 heteroatoms. The number of rotatable bonds is 2. The molecule has 0 aromatic heterocycles. The number of hydrogen-bond acceptors (Lipinski definition) is 2. The van der Waals surface area contributed by atoms with Gasteiger partial charge >= 0.3 is 12.1 Å². The number of likely N-dealkylation sites (N-methyl/N-ethyl adjacent to an activating group) is 1. The second-order valence-electron chi connectivity index (χ2n) is 2.49. The fraction of sp³-hybridized carbons (Fsp3) is 0.667. The zero-order chi connectivity index (χ0) is 10.8. The van der Waals surface area contributed by atoms with Gasteiger partial charge in [-0.1, -0.05) is 0 Å². The molecule has 0 saturated carbocycles. The van der Waals surface area contributed by atoms with E-state index in [1.165, 1.54) is 0 Å². The van der Waals surface area contributed by atoms with Crippen LogP contribution in [0.4, 0.5) is 13.2 Å². The molecule has 1 atom stereocenters. The molecule has 2 N–H and O–H groups in total. The van der Waals surface area contributed by atoms with Crippen molar-refractivity contribution in [1.82, 2.24) is 4.90 Å². The first-order valence-electron chi connectivity index (χ1n) is 3.31. The fourth-order valence-electron chi connectivity index (χ4n) is 0.567. The first kappa shape index (κ1) is 11.7. The summed E-state index contributed by atoms with van der Waals surface area (Å²) in [4.78, 5) is 21.2. The monoisotopic (exact) mass is 198 g/mol. The van der Waals surface area contributed by atoms with E-state index in [1.54, 1.807) is 0 Å². The molecule has 0 bridgehead atoms. The van der Waals surface area contributed by atoms with Gasteiger partial charge in [0.05, 0.1) is 0 Å². The fourth-order valence-corrected chi connectivity index (χ4v) is 0.567. The average molecular weight is 198 g/mol. The zero-order valence-corrected chi connectivity index (χ0v) is 7.05. The molecule has 0 aromatic rings. The topological polar surface area (TPSA) is 63.4 Å². The number of amides is 2. The minimum absolute atomic E-state index is 0.252. The molecule has 0 saturated heterocycles. The molecule has 0 spiro atoms. The number of halogens is 3. The first-order valence-corrected chi connectivity index (χ1v) is 3.31. The highest BCUT2D eigenvalue weighted by atomic mass is 19.4. The third kappa shape index (κ3) is 2.92. The summed E-state index contributed by atoms with van der Waals surface area (Å²) in [7, 11) is 0.866. The van der Waals surface area contributed by atoms with Gasteiger partial charge in [0.25, 0.3) is 0 Å². The Balaban J connectivity index is 4.53. The van der Waals surface area contributed by atoms with Gasteiger partial charge in [0, 0.05) is 7.05 Å². The van der Waals surface area contributed by atoms with Crippen LogP contribution in [0.2, 0.25) is 0 Å². The summed E-state index contributed by atoms with van der Waals surface area (Å²) in [6.45, 7) is 1.12. The minimum Gasteiger partial charge on any atom is -0.368 e. The van der Waals surface area contributed by atoms with Gasteiger partial charge in [0.15, 0.2) is 0 Å². The van der Waals surface area contributed by atoms with Gasteiger partial charge < -0.3 is 10.6 Å².